The summed E-state index contributed by atoms with van der Waals surface area (Å²) in [6.45, 7) is 0. The first kappa shape index (κ1) is 41.9. The third-order valence-corrected chi connectivity index (χ3v) is 0. The van der Waals surface area contributed by atoms with Crippen LogP contribution in [0.5, 0.6) is 0 Å². The minimum absolute atomic E-state index is 0. The van der Waals surface area contributed by atoms with Gasteiger partial charge in [-0.1, -0.05) is 0 Å². The van der Waals surface area contributed by atoms with Gasteiger partial charge in [0, 0.05) is 0 Å². The van der Waals surface area contributed by atoms with E-state index in [1.807, 2.05) is 0 Å². The summed E-state index contributed by atoms with van der Waals surface area (Å²) in [6, 6.07) is 0. The summed E-state index contributed by atoms with van der Waals surface area (Å²) in [4.78, 5) is 0. The van der Waals surface area contributed by atoms with Crippen LogP contribution in [0.15, 0.2) is 0 Å². The molecule has 0 bridgehead atoms. The van der Waals surface area contributed by atoms with Crippen LogP contribution in [-0.2, 0) is 22.5 Å². The largest absolute Gasteiger partial charge is 2.00 e. The number of hydrogen-bond donors (Lipinski definition) is 0. The van der Waals surface area contributed by atoms with Crippen molar-refractivity contribution in [2.24, 2.45) is 0 Å². The van der Waals surface area contributed by atoms with Crippen LogP contribution in [0, 0.1) is 0 Å². The Bertz CT molecular complexity index is 8.00. The topological polar surface area (TPSA) is 28.5 Å². The van der Waals surface area contributed by atoms with Gasteiger partial charge in [0.1, 0.15) is 0 Å². The molecule has 4 heteroatoms. The van der Waals surface area contributed by atoms with E-state index >= 15 is 0 Å². The average molecular weight is 130 g/mol. The third kappa shape index (κ3) is 9.23. The van der Waals surface area contributed by atoms with Crippen LogP contribution < -0.4 is 42.0 Å². The summed E-state index contributed by atoms with van der Waals surface area (Å²) >= 11 is 0. The number of hydrogen-bond acceptors (Lipinski definition) is 0. The molecule has 0 aliphatic carbocycles. The van der Waals surface area contributed by atoms with Crippen molar-refractivity contribution >= 4 is 0 Å². The predicted molar refractivity (Wildman–Crippen MR) is 0.686 cm³/mol. The van der Waals surface area contributed by atoms with E-state index < -0.39 is 0 Å². The van der Waals surface area contributed by atoms with Crippen molar-refractivity contribution in [2.75, 3.05) is 0 Å². The van der Waals surface area contributed by atoms with Gasteiger partial charge in [-0.3, -0.25) is 0 Å². The van der Waals surface area contributed by atoms with Crippen molar-refractivity contribution in [3.8, 4) is 0 Å². The maximum Gasteiger partial charge on any atom is 2.00 e. The molecule has 0 N–H and O–H groups in total. The van der Waals surface area contributed by atoms with Crippen LogP contribution in [-0.4, -0.2) is 0 Å². The first-order chi connectivity index (χ1) is 0. The summed E-state index contributed by atoms with van der Waals surface area (Å²) in [5, 5.41) is 0. The second-order valence-electron chi connectivity index (χ2n) is 0. The molecule has 1 nitrogen and oxygen atoms in total. The van der Waals surface area contributed by atoms with E-state index in [1.54, 1.807) is 0 Å². The van der Waals surface area contributed by atoms with E-state index in [0.717, 1.165) is 0 Å². The van der Waals surface area contributed by atoms with Crippen LogP contribution in [0.25, 0.3) is 0 Å². The monoisotopic (exact) mass is 130 g/mol. The number of halogens is 1. The molecule has 0 aromatic rings. The molecular weight excluding hydrogens is 130 g/mol. The van der Waals surface area contributed by atoms with E-state index in [-0.39, 0.29) is 64.5 Å². The predicted octanol–water partition coefficient (Wildman–Crippen LogP) is -6.11. The van der Waals surface area contributed by atoms with Gasteiger partial charge >= 0.3 is 46.6 Å². The molecule has 4 heavy (non-hydrogen) atoms. The van der Waals surface area contributed by atoms with Gasteiger partial charge in [0.15, 0.2) is 0 Å². The van der Waals surface area contributed by atoms with Crippen LogP contribution >= 0.6 is 0 Å². The van der Waals surface area contributed by atoms with Gasteiger partial charge < -0.3 is 17.9 Å². The molecule has 0 atom stereocenters. The molecule has 0 rings (SSSR count). The molecule has 0 radical (unpaired) electrons. The normalized spacial score (nSPS) is 0. The zero-order valence-corrected chi connectivity index (χ0v) is 6.00. The molecule has 0 unspecified atom stereocenters. The Kier molecular flexibility index (Phi) is 227. The van der Waals surface area contributed by atoms with Crippen LogP contribution in [0.2, 0.25) is 0 Å². The Morgan fingerprint density at radius 3 is 1.00 bits per heavy atom. The van der Waals surface area contributed by atoms with Gasteiger partial charge in [0.25, 0.3) is 0 Å². The summed E-state index contributed by atoms with van der Waals surface area (Å²) in [5.41, 5.74) is 0. The first-order valence-electron chi connectivity index (χ1n) is 0. The average Bonchev–Trinajstić information content (AvgIpc) is 0. The molecule has 0 saturated heterocycles. The Morgan fingerprint density at radius 1 is 1.00 bits per heavy atom. The molecule has 0 aromatic heterocycles. The summed E-state index contributed by atoms with van der Waals surface area (Å²) < 4.78 is 0. The van der Waals surface area contributed by atoms with Crippen molar-refractivity contribution in [1.29, 1.82) is 0 Å². The molecule has 0 fully saturated rings. The van der Waals surface area contributed by atoms with E-state index in [2.05, 4.69) is 0 Å². The zero-order valence-electron chi connectivity index (χ0n) is 2.14. The van der Waals surface area contributed by atoms with E-state index in [4.69, 9.17) is 0 Å². The van der Waals surface area contributed by atoms with Crippen molar-refractivity contribution in [1.82, 2.24) is 0 Å². The summed E-state index contributed by atoms with van der Waals surface area (Å²) in [5.74, 6) is 0. The van der Waals surface area contributed by atoms with Gasteiger partial charge in [-0.2, -0.15) is 0 Å². The zero-order chi connectivity index (χ0) is 0. The Balaban J connectivity index is 0. The SMILES string of the molecule is [Cl-].[Fe+2].[Na+].[O-2]. The minimum Gasteiger partial charge on any atom is -2.00 e. The fourth-order valence-electron chi connectivity index (χ4n) is 0. The summed E-state index contributed by atoms with van der Waals surface area (Å²) in [7, 11) is 0. The third-order valence-electron chi connectivity index (χ3n) is 0. The Morgan fingerprint density at radius 2 is 1.00 bits per heavy atom. The second-order valence-corrected chi connectivity index (χ2v) is 0. The van der Waals surface area contributed by atoms with Crippen LogP contribution in [0.4, 0.5) is 0 Å². The van der Waals surface area contributed by atoms with Crippen molar-refractivity contribution < 1.29 is 64.5 Å². The minimum atomic E-state index is 0. The van der Waals surface area contributed by atoms with Gasteiger partial charge in [0.2, 0.25) is 0 Å². The molecule has 0 aromatic carbocycles. The van der Waals surface area contributed by atoms with Crippen molar-refractivity contribution in [3.63, 3.8) is 0 Å². The van der Waals surface area contributed by atoms with E-state index in [1.165, 1.54) is 0 Å². The van der Waals surface area contributed by atoms with Crippen LogP contribution in [0.1, 0.15) is 0 Å². The molecule has 22 valence electrons. The smallest absolute Gasteiger partial charge is 2.00 e. The quantitative estimate of drug-likeness (QED) is 0.292. The molecule has 0 aliphatic heterocycles. The fourth-order valence-corrected chi connectivity index (χ4v) is 0. The van der Waals surface area contributed by atoms with E-state index in [0.29, 0.717) is 0 Å². The van der Waals surface area contributed by atoms with Gasteiger partial charge in [-0.25, -0.2) is 0 Å². The van der Waals surface area contributed by atoms with Crippen molar-refractivity contribution in [3.05, 3.63) is 0 Å². The molecule has 0 spiro atoms. The second kappa shape index (κ2) is 21.6. The van der Waals surface area contributed by atoms with Gasteiger partial charge in [-0.15, -0.1) is 0 Å². The van der Waals surface area contributed by atoms with Crippen LogP contribution in [0.3, 0.4) is 0 Å². The Labute approximate surface area is 64.0 Å². The van der Waals surface area contributed by atoms with Gasteiger partial charge in [0.05, 0.1) is 0 Å². The summed E-state index contributed by atoms with van der Waals surface area (Å²) in [6.07, 6.45) is 0. The molecular formula is ClFeNaO. The molecule has 0 heterocycles. The van der Waals surface area contributed by atoms with Crippen molar-refractivity contribution in [2.45, 2.75) is 0 Å². The molecule has 0 amide bonds. The number of rotatable bonds is 0. The maximum atomic E-state index is 0. The molecule has 0 saturated carbocycles. The van der Waals surface area contributed by atoms with E-state index in [9.17, 15) is 0 Å². The first-order valence-corrected chi connectivity index (χ1v) is 0. The van der Waals surface area contributed by atoms with Gasteiger partial charge in [-0.05, 0) is 0 Å². The molecule has 0 aliphatic rings. The maximum absolute atomic E-state index is 0. The Hall–Kier alpha value is 1.77. The standard InChI is InChI=1S/ClH.Fe.Na.O/h1H;;;/q;+2;+1;-2/p-1. The fraction of sp³-hybridized carbons (Fsp3) is 0.